The monoisotopic (exact) mass is 255 g/mol. The van der Waals surface area contributed by atoms with Crippen LogP contribution in [-0.4, -0.2) is 22.7 Å². The van der Waals surface area contributed by atoms with Crippen LogP contribution in [0.3, 0.4) is 0 Å². The van der Waals surface area contributed by atoms with Gasteiger partial charge in [-0.25, -0.2) is 0 Å². The Balaban J connectivity index is 2.27. The summed E-state index contributed by atoms with van der Waals surface area (Å²) in [5.41, 5.74) is 1.38. The molecular weight excluding hydrogens is 242 g/mol. The van der Waals surface area contributed by atoms with Crippen molar-refractivity contribution in [3.05, 3.63) is 28.3 Å². The molecule has 0 bridgehead atoms. The lowest BCUT2D eigenvalue weighted by Crippen LogP contribution is -2.17. The lowest BCUT2D eigenvalue weighted by molar-refractivity contribution is -0.141. The zero-order valence-electron chi connectivity index (χ0n) is 9.40. The number of carbonyl (C=O) groups is 1. The Labute approximate surface area is 104 Å². The SMILES string of the molecule is Cc1cc(Cl)cc(C2CC(C(=O)O)CN2)c1O. The zero-order chi connectivity index (χ0) is 12.6. The molecule has 0 spiro atoms. The number of carboxylic acid groups (broad SMARTS) is 1. The van der Waals surface area contributed by atoms with Crippen molar-refractivity contribution in [1.29, 1.82) is 0 Å². The van der Waals surface area contributed by atoms with Crippen LogP contribution in [0.15, 0.2) is 12.1 Å². The number of phenols is 1. The van der Waals surface area contributed by atoms with Gasteiger partial charge in [-0.2, -0.15) is 0 Å². The molecule has 1 aliphatic heterocycles. The molecule has 1 aliphatic rings. The van der Waals surface area contributed by atoms with Crippen molar-refractivity contribution in [3.8, 4) is 5.75 Å². The fraction of sp³-hybridized carbons (Fsp3) is 0.417. The lowest BCUT2D eigenvalue weighted by Gasteiger charge is -2.14. The minimum atomic E-state index is -0.807. The van der Waals surface area contributed by atoms with E-state index in [0.717, 1.165) is 0 Å². The summed E-state index contributed by atoms with van der Waals surface area (Å²) >= 11 is 5.94. The van der Waals surface area contributed by atoms with E-state index in [2.05, 4.69) is 5.32 Å². The third-order valence-corrected chi connectivity index (χ3v) is 3.37. The first-order valence-electron chi connectivity index (χ1n) is 5.44. The lowest BCUT2D eigenvalue weighted by atomic mass is 9.98. The van der Waals surface area contributed by atoms with Gasteiger partial charge in [0, 0.05) is 23.2 Å². The summed E-state index contributed by atoms with van der Waals surface area (Å²) in [7, 11) is 0. The molecule has 2 atom stereocenters. The number of hydrogen-bond acceptors (Lipinski definition) is 3. The molecule has 3 N–H and O–H groups in total. The van der Waals surface area contributed by atoms with Gasteiger partial charge in [0.15, 0.2) is 0 Å². The fourth-order valence-corrected chi connectivity index (χ4v) is 2.47. The summed E-state index contributed by atoms with van der Waals surface area (Å²) in [6.07, 6.45) is 0.475. The van der Waals surface area contributed by atoms with Gasteiger partial charge in [0.05, 0.1) is 5.92 Å². The number of carboxylic acids is 1. The smallest absolute Gasteiger partial charge is 0.307 e. The second-order valence-corrected chi connectivity index (χ2v) is 4.83. The van der Waals surface area contributed by atoms with Gasteiger partial charge in [0.1, 0.15) is 5.75 Å². The van der Waals surface area contributed by atoms with Gasteiger partial charge < -0.3 is 15.5 Å². The van der Waals surface area contributed by atoms with Crippen molar-refractivity contribution in [2.24, 2.45) is 5.92 Å². The first kappa shape index (κ1) is 12.2. The van der Waals surface area contributed by atoms with Gasteiger partial charge in [-0.15, -0.1) is 0 Å². The molecule has 17 heavy (non-hydrogen) atoms. The van der Waals surface area contributed by atoms with E-state index < -0.39 is 11.9 Å². The first-order valence-corrected chi connectivity index (χ1v) is 5.82. The predicted molar refractivity (Wildman–Crippen MR) is 64.3 cm³/mol. The van der Waals surface area contributed by atoms with Crippen LogP contribution in [0.5, 0.6) is 5.75 Å². The Morgan fingerprint density at radius 3 is 2.82 bits per heavy atom. The largest absolute Gasteiger partial charge is 0.507 e. The van der Waals surface area contributed by atoms with E-state index in [1.165, 1.54) is 0 Å². The summed E-state index contributed by atoms with van der Waals surface area (Å²) in [6.45, 7) is 2.19. The van der Waals surface area contributed by atoms with Crippen LogP contribution in [0, 0.1) is 12.8 Å². The van der Waals surface area contributed by atoms with Crippen molar-refractivity contribution in [3.63, 3.8) is 0 Å². The highest BCUT2D eigenvalue weighted by atomic mass is 35.5. The van der Waals surface area contributed by atoms with E-state index in [-0.39, 0.29) is 11.8 Å². The number of aliphatic carboxylic acids is 1. The molecule has 0 amide bonds. The molecule has 1 saturated heterocycles. The maximum Gasteiger partial charge on any atom is 0.307 e. The van der Waals surface area contributed by atoms with Crippen molar-refractivity contribution in [2.45, 2.75) is 19.4 Å². The Morgan fingerprint density at radius 1 is 1.53 bits per heavy atom. The number of hydrogen-bond donors (Lipinski definition) is 3. The summed E-state index contributed by atoms with van der Waals surface area (Å²) in [6, 6.07) is 3.23. The number of halogens is 1. The fourth-order valence-electron chi connectivity index (χ4n) is 2.19. The second kappa shape index (κ2) is 4.55. The van der Waals surface area contributed by atoms with Gasteiger partial charge in [0.25, 0.3) is 0 Å². The van der Waals surface area contributed by atoms with E-state index in [9.17, 15) is 9.90 Å². The maximum atomic E-state index is 10.9. The third kappa shape index (κ3) is 2.37. The zero-order valence-corrected chi connectivity index (χ0v) is 10.2. The molecule has 2 rings (SSSR count). The number of nitrogens with one attached hydrogen (secondary N) is 1. The number of aromatic hydroxyl groups is 1. The molecule has 0 saturated carbocycles. The molecule has 1 aromatic rings. The number of phenolic OH excluding ortho intramolecular Hbond substituents is 1. The van der Waals surface area contributed by atoms with Crippen molar-refractivity contribution < 1.29 is 15.0 Å². The molecule has 0 aromatic heterocycles. The van der Waals surface area contributed by atoms with Gasteiger partial charge in [0.2, 0.25) is 0 Å². The molecule has 1 fully saturated rings. The molecule has 5 heteroatoms. The summed E-state index contributed by atoms with van der Waals surface area (Å²) in [5, 5.41) is 22.5. The van der Waals surface area contributed by atoms with E-state index in [1.54, 1.807) is 19.1 Å². The standard InChI is InChI=1S/C12H14ClNO3/c1-6-2-8(13)4-9(11(6)15)10-3-7(5-14-10)12(16)17/h2,4,7,10,14-15H,3,5H2,1H3,(H,16,17). The molecule has 4 nitrogen and oxygen atoms in total. The normalized spacial score (nSPS) is 23.9. The van der Waals surface area contributed by atoms with Crippen LogP contribution >= 0.6 is 11.6 Å². The van der Waals surface area contributed by atoms with Crippen LogP contribution in [0.25, 0.3) is 0 Å². The van der Waals surface area contributed by atoms with Crippen LogP contribution < -0.4 is 5.32 Å². The van der Waals surface area contributed by atoms with Gasteiger partial charge >= 0.3 is 5.97 Å². The molecular formula is C12H14ClNO3. The minimum absolute atomic E-state index is 0.145. The summed E-state index contributed by atoms with van der Waals surface area (Å²) in [4.78, 5) is 10.9. The summed E-state index contributed by atoms with van der Waals surface area (Å²) in [5.74, 6) is -1.02. The highest BCUT2D eigenvalue weighted by Crippen LogP contribution is 2.36. The average molecular weight is 256 g/mol. The van der Waals surface area contributed by atoms with Crippen LogP contribution in [0.4, 0.5) is 0 Å². The first-order chi connectivity index (χ1) is 7.99. The van der Waals surface area contributed by atoms with Crippen LogP contribution in [-0.2, 0) is 4.79 Å². The van der Waals surface area contributed by atoms with Gasteiger partial charge in [-0.3, -0.25) is 4.79 Å². The topological polar surface area (TPSA) is 69.6 Å². The minimum Gasteiger partial charge on any atom is -0.507 e. The van der Waals surface area contributed by atoms with Crippen LogP contribution in [0.1, 0.15) is 23.6 Å². The Bertz CT molecular complexity index is 461. The highest BCUT2D eigenvalue weighted by Gasteiger charge is 2.31. The number of benzene rings is 1. The molecule has 0 aliphatic carbocycles. The van der Waals surface area contributed by atoms with E-state index >= 15 is 0 Å². The highest BCUT2D eigenvalue weighted by molar-refractivity contribution is 6.30. The Morgan fingerprint density at radius 2 is 2.24 bits per heavy atom. The molecule has 0 radical (unpaired) electrons. The van der Waals surface area contributed by atoms with Crippen molar-refractivity contribution in [1.82, 2.24) is 5.32 Å². The van der Waals surface area contributed by atoms with Gasteiger partial charge in [-0.05, 0) is 31.0 Å². The van der Waals surface area contributed by atoms with E-state index in [0.29, 0.717) is 29.1 Å². The average Bonchev–Trinajstić information content (AvgIpc) is 2.72. The Kier molecular flexibility index (Phi) is 3.26. The Hall–Kier alpha value is -1.26. The van der Waals surface area contributed by atoms with E-state index in [1.807, 2.05) is 0 Å². The molecule has 92 valence electrons. The maximum absolute atomic E-state index is 10.9. The van der Waals surface area contributed by atoms with Crippen LogP contribution in [0.2, 0.25) is 5.02 Å². The predicted octanol–water partition coefficient (Wildman–Crippen LogP) is 2.09. The van der Waals surface area contributed by atoms with Crippen molar-refractivity contribution in [2.75, 3.05) is 6.54 Å². The molecule has 2 unspecified atom stereocenters. The third-order valence-electron chi connectivity index (χ3n) is 3.15. The molecule has 1 heterocycles. The number of rotatable bonds is 2. The number of aryl methyl sites for hydroxylation is 1. The second-order valence-electron chi connectivity index (χ2n) is 4.39. The summed E-state index contributed by atoms with van der Waals surface area (Å²) < 4.78 is 0. The quantitative estimate of drug-likeness (QED) is 0.757. The van der Waals surface area contributed by atoms with E-state index in [4.69, 9.17) is 16.7 Å². The molecule has 1 aromatic carbocycles. The van der Waals surface area contributed by atoms with Crippen molar-refractivity contribution >= 4 is 17.6 Å². The van der Waals surface area contributed by atoms with Gasteiger partial charge in [-0.1, -0.05) is 11.6 Å².